The summed E-state index contributed by atoms with van der Waals surface area (Å²) in [6.45, 7) is 4.68. The van der Waals surface area contributed by atoms with Crippen molar-refractivity contribution in [3.63, 3.8) is 0 Å². The predicted octanol–water partition coefficient (Wildman–Crippen LogP) is 1.64. The number of hydrogen-bond donors (Lipinski definition) is 2. The van der Waals surface area contributed by atoms with E-state index in [1.165, 1.54) is 6.26 Å². The van der Waals surface area contributed by atoms with Crippen LogP contribution in [0.3, 0.4) is 0 Å². The molecule has 0 bridgehead atoms. The van der Waals surface area contributed by atoms with Gasteiger partial charge in [-0.3, -0.25) is 4.79 Å². The average Bonchev–Trinajstić information content (AvgIpc) is 2.69. The summed E-state index contributed by atoms with van der Waals surface area (Å²) < 4.78 is 23.2. The van der Waals surface area contributed by atoms with E-state index < -0.39 is 15.9 Å². The smallest absolute Gasteiger partial charge is 0.318 e. The number of nitrogens with zero attached hydrogens (tertiary/aromatic N) is 2. The Bertz CT molecular complexity index is 867. The zero-order chi connectivity index (χ0) is 21.6. The van der Waals surface area contributed by atoms with Gasteiger partial charge < -0.3 is 15.5 Å². The molecule has 9 heteroatoms. The second-order valence-corrected chi connectivity index (χ2v) is 9.67. The lowest BCUT2D eigenvalue weighted by Crippen LogP contribution is -2.54. The van der Waals surface area contributed by atoms with Crippen molar-refractivity contribution >= 4 is 21.8 Å². The summed E-state index contributed by atoms with van der Waals surface area (Å²) in [5, 5.41) is 13.9. The number of amides is 3. The van der Waals surface area contributed by atoms with Crippen LogP contribution >= 0.6 is 0 Å². The molecule has 1 saturated heterocycles. The molecule has 2 N–H and O–H groups in total. The van der Waals surface area contributed by atoms with Gasteiger partial charge in [0.1, 0.15) is 12.6 Å². The number of nitrogens with one attached hydrogen (secondary N) is 2. The molecule has 0 aromatic heterocycles. The van der Waals surface area contributed by atoms with Gasteiger partial charge in [0.05, 0.1) is 11.0 Å². The Balaban J connectivity index is 1.93. The minimum atomic E-state index is -3.21. The van der Waals surface area contributed by atoms with Crippen molar-refractivity contribution in [2.24, 2.45) is 5.92 Å². The van der Waals surface area contributed by atoms with Crippen LogP contribution in [0.2, 0.25) is 0 Å². The number of carbonyl (C=O) groups excluding carboxylic acids is 2. The first kappa shape index (κ1) is 22.7. The lowest BCUT2D eigenvalue weighted by Gasteiger charge is -2.34. The molecule has 1 atom stereocenters. The second-order valence-electron chi connectivity index (χ2n) is 7.65. The standard InChI is InChI=1S/C20H28N4O4S/c1-14(2)18(19(25)22-11-10-21)23-20(26)24-12-8-16(9-13-24)15-4-6-17(7-5-15)29(3,27)28/h4-7,14,16,18H,8-9,11-13H2,1-3H3,(H,22,25)(H,23,26). The molecule has 3 amide bonds. The highest BCUT2D eigenvalue weighted by molar-refractivity contribution is 7.90. The van der Waals surface area contributed by atoms with E-state index in [4.69, 9.17) is 5.26 Å². The van der Waals surface area contributed by atoms with Gasteiger partial charge in [-0.1, -0.05) is 26.0 Å². The highest BCUT2D eigenvalue weighted by atomic mass is 32.2. The third kappa shape index (κ3) is 6.19. The van der Waals surface area contributed by atoms with E-state index in [-0.39, 0.29) is 30.3 Å². The summed E-state index contributed by atoms with van der Waals surface area (Å²) in [5.41, 5.74) is 1.06. The van der Waals surface area contributed by atoms with Gasteiger partial charge in [0.2, 0.25) is 5.91 Å². The highest BCUT2D eigenvalue weighted by Gasteiger charge is 2.29. The van der Waals surface area contributed by atoms with Crippen molar-refractivity contribution in [3.05, 3.63) is 29.8 Å². The predicted molar refractivity (Wildman–Crippen MR) is 109 cm³/mol. The number of hydrogen-bond acceptors (Lipinski definition) is 5. The molecule has 1 unspecified atom stereocenters. The number of nitriles is 1. The van der Waals surface area contributed by atoms with Crippen LogP contribution < -0.4 is 10.6 Å². The first-order valence-electron chi connectivity index (χ1n) is 9.63. The Labute approximate surface area is 172 Å². The number of carbonyl (C=O) groups is 2. The van der Waals surface area contributed by atoms with E-state index in [1.54, 1.807) is 17.0 Å². The van der Waals surface area contributed by atoms with Gasteiger partial charge in [0, 0.05) is 19.3 Å². The fraction of sp³-hybridized carbons (Fsp3) is 0.550. The minimum Gasteiger partial charge on any atom is -0.341 e. The molecule has 158 valence electrons. The van der Waals surface area contributed by atoms with Gasteiger partial charge in [-0.2, -0.15) is 5.26 Å². The first-order valence-corrected chi connectivity index (χ1v) is 11.5. The number of benzene rings is 1. The number of likely N-dealkylation sites (tertiary alicyclic amines) is 1. The van der Waals surface area contributed by atoms with Crippen LogP contribution in [0.1, 0.15) is 38.2 Å². The lowest BCUT2D eigenvalue weighted by atomic mass is 9.89. The van der Waals surface area contributed by atoms with E-state index in [0.29, 0.717) is 18.0 Å². The molecule has 1 aliphatic rings. The Morgan fingerprint density at radius 3 is 2.28 bits per heavy atom. The summed E-state index contributed by atoms with van der Waals surface area (Å²) in [4.78, 5) is 26.7. The molecule has 0 saturated carbocycles. The largest absolute Gasteiger partial charge is 0.341 e. The third-order valence-electron chi connectivity index (χ3n) is 5.13. The van der Waals surface area contributed by atoms with Crippen LogP contribution in [-0.2, 0) is 14.6 Å². The van der Waals surface area contributed by atoms with Gasteiger partial charge in [-0.25, -0.2) is 13.2 Å². The fourth-order valence-corrected chi connectivity index (χ4v) is 4.03. The second kappa shape index (κ2) is 9.74. The number of piperidine rings is 1. The summed E-state index contributed by atoms with van der Waals surface area (Å²) in [5.74, 6) is -0.216. The molecule has 0 spiro atoms. The normalized spacial score (nSPS) is 16.2. The molecule has 1 aromatic carbocycles. The van der Waals surface area contributed by atoms with Gasteiger partial charge in [-0.15, -0.1) is 0 Å². The highest BCUT2D eigenvalue weighted by Crippen LogP contribution is 2.28. The Morgan fingerprint density at radius 1 is 1.21 bits per heavy atom. The summed E-state index contributed by atoms with van der Waals surface area (Å²) in [7, 11) is -3.21. The van der Waals surface area contributed by atoms with Crippen molar-refractivity contribution in [3.8, 4) is 6.07 Å². The summed E-state index contributed by atoms with van der Waals surface area (Å²) >= 11 is 0. The molecule has 1 aliphatic heterocycles. The van der Waals surface area contributed by atoms with E-state index in [9.17, 15) is 18.0 Å². The summed E-state index contributed by atoms with van der Waals surface area (Å²) in [6.07, 6.45) is 2.71. The van der Waals surface area contributed by atoms with Crippen LogP contribution in [-0.4, -0.2) is 57.2 Å². The van der Waals surface area contributed by atoms with Crippen molar-refractivity contribution in [1.82, 2.24) is 15.5 Å². The molecular formula is C20H28N4O4S. The maximum atomic E-state index is 12.6. The molecule has 29 heavy (non-hydrogen) atoms. The van der Waals surface area contributed by atoms with Gasteiger partial charge in [-0.05, 0) is 42.4 Å². The molecule has 1 heterocycles. The SMILES string of the molecule is CC(C)C(NC(=O)N1CCC(c2ccc(S(C)(=O)=O)cc2)CC1)C(=O)NCC#N. The van der Waals surface area contributed by atoms with Gasteiger partial charge in [0.25, 0.3) is 0 Å². The molecule has 1 aromatic rings. The monoisotopic (exact) mass is 420 g/mol. The van der Waals surface area contributed by atoms with E-state index in [0.717, 1.165) is 18.4 Å². The van der Waals surface area contributed by atoms with Crippen molar-refractivity contribution in [2.45, 2.75) is 43.5 Å². The number of sulfone groups is 1. The van der Waals surface area contributed by atoms with Crippen molar-refractivity contribution in [1.29, 1.82) is 5.26 Å². The third-order valence-corrected chi connectivity index (χ3v) is 6.26. The molecule has 8 nitrogen and oxygen atoms in total. The summed E-state index contributed by atoms with van der Waals surface area (Å²) in [6, 6.07) is 7.79. The average molecular weight is 421 g/mol. The molecular weight excluding hydrogens is 392 g/mol. The quantitative estimate of drug-likeness (QED) is 0.678. The Kier molecular flexibility index (Phi) is 7.62. The zero-order valence-electron chi connectivity index (χ0n) is 17.0. The first-order chi connectivity index (χ1) is 13.6. The Morgan fingerprint density at radius 2 is 1.79 bits per heavy atom. The van der Waals surface area contributed by atoms with E-state index >= 15 is 0 Å². The van der Waals surface area contributed by atoms with Gasteiger partial charge >= 0.3 is 6.03 Å². The minimum absolute atomic E-state index is 0.0958. The molecule has 0 aliphatic carbocycles. The van der Waals surface area contributed by atoms with Crippen LogP contribution in [0.25, 0.3) is 0 Å². The topological polar surface area (TPSA) is 119 Å². The lowest BCUT2D eigenvalue weighted by molar-refractivity contribution is -0.123. The van der Waals surface area contributed by atoms with E-state index in [2.05, 4.69) is 10.6 Å². The molecule has 1 fully saturated rings. The maximum absolute atomic E-state index is 12.6. The number of rotatable bonds is 6. The van der Waals surface area contributed by atoms with Crippen LogP contribution in [0.4, 0.5) is 4.79 Å². The van der Waals surface area contributed by atoms with Crippen LogP contribution in [0.5, 0.6) is 0 Å². The molecule has 2 rings (SSSR count). The molecule has 0 radical (unpaired) electrons. The van der Waals surface area contributed by atoms with Crippen LogP contribution in [0.15, 0.2) is 29.2 Å². The van der Waals surface area contributed by atoms with Gasteiger partial charge in [0.15, 0.2) is 9.84 Å². The van der Waals surface area contributed by atoms with Crippen molar-refractivity contribution in [2.75, 3.05) is 25.9 Å². The fourth-order valence-electron chi connectivity index (χ4n) is 3.40. The zero-order valence-corrected chi connectivity index (χ0v) is 17.8. The number of urea groups is 1. The van der Waals surface area contributed by atoms with E-state index in [1.807, 2.05) is 32.0 Å². The maximum Gasteiger partial charge on any atom is 0.318 e. The Hall–Kier alpha value is -2.60. The van der Waals surface area contributed by atoms with Crippen molar-refractivity contribution < 1.29 is 18.0 Å². The van der Waals surface area contributed by atoms with Crippen LogP contribution in [0, 0.1) is 17.2 Å².